The summed E-state index contributed by atoms with van der Waals surface area (Å²) in [6.45, 7) is 6.14. The molecule has 2 aromatic rings. The molecule has 27 heavy (non-hydrogen) atoms. The number of nitrogens with zero attached hydrogens (tertiary/aromatic N) is 3. The van der Waals surface area contributed by atoms with E-state index in [4.69, 9.17) is 0 Å². The van der Waals surface area contributed by atoms with Gasteiger partial charge in [0.1, 0.15) is 5.82 Å². The van der Waals surface area contributed by atoms with Crippen LogP contribution in [0.3, 0.4) is 0 Å². The Kier molecular flexibility index (Phi) is 6.91. The number of imidazole rings is 1. The molecule has 1 heterocycles. The summed E-state index contributed by atoms with van der Waals surface area (Å²) in [4.78, 5) is 8.89. The smallest absolute Gasteiger partial charge is 0.191 e. The van der Waals surface area contributed by atoms with Crippen molar-refractivity contribution in [3.63, 3.8) is 0 Å². The molecule has 2 N–H and O–H groups in total. The first-order chi connectivity index (χ1) is 13.2. The summed E-state index contributed by atoms with van der Waals surface area (Å²) in [6, 6.07) is 11.4. The normalized spacial score (nSPS) is 20.7. The fourth-order valence-corrected chi connectivity index (χ4v) is 3.91. The van der Waals surface area contributed by atoms with Gasteiger partial charge in [0.05, 0.1) is 6.54 Å². The number of hydrogen-bond donors (Lipinski definition) is 2. The molecule has 0 radical (unpaired) electrons. The van der Waals surface area contributed by atoms with Crippen LogP contribution in [0.5, 0.6) is 0 Å². The molecule has 0 saturated heterocycles. The van der Waals surface area contributed by atoms with Crippen molar-refractivity contribution in [2.24, 2.45) is 10.9 Å². The van der Waals surface area contributed by atoms with Gasteiger partial charge in [0.25, 0.3) is 0 Å². The summed E-state index contributed by atoms with van der Waals surface area (Å²) in [5, 5.41) is 7.03. The van der Waals surface area contributed by atoms with Crippen molar-refractivity contribution in [1.29, 1.82) is 0 Å². The molecule has 0 bridgehead atoms. The minimum atomic E-state index is 0.492. The summed E-state index contributed by atoms with van der Waals surface area (Å²) in [7, 11) is 1.84. The number of nitrogens with one attached hydrogen (secondary N) is 2. The van der Waals surface area contributed by atoms with Crippen LogP contribution in [-0.4, -0.2) is 28.6 Å². The number of aromatic nitrogens is 2. The predicted molar refractivity (Wildman–Crippen MR) is 112 cm³/mol. The Balaban J connectivity index is 1.47. The summed E-state index contributed by atoms with van der Waals surface area (Å²) < 4.78 is 2.22. The van der Waals surface area contributed by atoms with E-state index in [0.29, 0.717) is 24.4 Å². The molecule has 0 atom stereocenters. The van der Waals surface area contributed by atoms with E-state index in [1.807, 2.05) is 13.2 Å². The molecule has 1 saturated carbocycles. The second-order valence-electron chi connectivity index (χ2n) is 7.92. The van der Waals surface area contributed by atoms with E-state index in [2.05, 4.69) is 75.6 Å². The van der Waals surface area contributed by atoms with Gasteiger partial charge in [0, 0.05) is 32.0 Å². The van der Waals surface area contributed by atoms with Gasteiger partial charge in [-0.05, 0) is 43.1 Å². The lowest BCUT2D eigenvalue weighted by molar-refractivity contribution is 0.371. The molecular weight excluding hydrogens is 334 g/mol. The Labute approximate surface area is 163 Å². The Morgan fingerprint density at radius 2 is 1.93 bits per heavy atom. The van der Waals surface area contributed by atoms with E-state index in [0.717, 1.165) is 18.3 Å². The lowest BCUT2D eigenvalue weighted by Gasteiger charge is -2.30. The van der Waals surface area contributed by atoms with Gasteiger partial charge in [-0.1, -0.05) is 44.2 Å². The van der Waals surface area contributed by atoms with Crippen LogP contribution >= 0.6 is 0 Å². The van der Waals surface area contributed by atoms with Crippen LogP contribution in [0, 0.1) is 5.92 Å². The summed E-state index contributed by atoms with van der Waals surface area (Å²) in [6.07, 6.45) is 8.76. The highest BCUT2D eigenvalue weighted by Crippen LogP contribution is 2.32. The zero-order valence-corrected chi connectivity index (χ0v) is 16.9. The number of aliphatic imine (C=N–C) groups is 1. The average molecular weight is 368 g/mol. The Hall–Kier alpha value is -2.30. The predicted octanol–water partition coefficient (Wildman–Crippen LogP) is 3.93. The minimum Gasteiger partial charge on any atom is -0.354 e. The molecular formula is C22H33N5. The van der Waals surface area contributed by atoms with Crippen molar-refractivity contribution in [3.8, 4) is 0 Å². The molecule has 0 aliphatic heterocycles. The van der Waals surface area contributed by atoms with E-state index in [-0.39, 0.29) is 0 Å². The molecule has 1 aliphatic rings. The number of guanidine groups is 1. The highest BCUT2D eigenvalue weighted by Gasteiger charge is 2.22. The van der Waals surface area contributed by atoms with Gasteiger partial charge in [-0.3, -0.25) is 4.99 Å². The van der Waals surface area contributed by atoms with Crippen molar-refractivity contribution in [2.45, 2.75) is 64.6 Å². The largest absolute Gasteiger partial charge is 0.354 e. The zero-order valence-electron chi connectivity index (χ0n) is 16.9. The topological polar surface area (TPSA) is 54.2 Å². The maximum Gasteiger partial charge on any atom is 0.191 e. The maximum atomic E-state index is 4.48. The second kappa shape index (κ2) is 9.58. The number of rotatable bonds is 6. The minimum absolute atomic E-state index is 0.492. The Bertz CT molecular complexity index is 711. The number of hydrogen-bond acceptors (Lipinski definition) is 2. The van der Waals surface area contributed by atoms with Gasteiger partial charge in [0.15, 0.2) is 5.96 Å². The van der Waals surface area contributed by atoms with Crippen LogP contribution in [0.25, 0.3) is 0 Å². The van der Waals surface area contributed by atoms with Gasteiger partial charge in [0.2, 0.25) is 0 Å². The molecule has 1 fully saturated rings. The molecule has 1 aromatic carbocycles. The molecule has 0 spiro atoms. The van der Waals surface area contributed by atoms with Crippen LogP contribution in [-0.2, 0) is 13.1 Å². The summed E-state index contributed by atoms with van der Waals surface area (Å²) in [5.41, 5.74) is 1.48. The first kappa shape index (κ1) is 19.5. The highest BCUT2D eigenvalue weighted by atomic mass is 15.2. The molecule has 3 rings (SSSR count). The SMILES string of the molecule is CN=C(NCc1nccn1CC(C)C)NC1CCC(c2ccccc2)CC1. The van der Waals surface area contributed by atoms with Crippen LogP contribution in [0.1, 0.15) is 56.8 Å². The van der Waals surface area contributed by atoms with Crippen LogP contribution in [0.2, 0.25) is 0 Å². The van der Waals surface area contributed by atoms with Gasteiger partial charge >= 0.3 is 0 Å². The van der Waals surface area contributed by atoms with E-state index < -0.39 is 0 Å². The van der Waals surface area contributed by atoms with Gasteiger partial charge in [-0.2, -0.15) is 0 Å². The van der Waals surface area contributed by atoms with Crippen molar-refractivity contribution in [1.82, 2.24) is 20.2 Å². The monoisotopic (exact) mass is 367 g/mol. The van der Waals surface area contributed by atoms with Gasteiger partial charge < -0.3 is 15.2 Å². The lowest BCUT2D eigenvalue weighted by Crippen LogP contribution is -2.44. The fraction of sp³-hybridized carbons (Fsp3) is 0.545. The second-order valence-corrected chi connectivity index (χ2v) is 7.92. The molecule has 146 valence electrons. The third-order valence-electron chi connectivity index (χ3n) is 5.34. The Morgan fingerprint density at radius 1 is 1.19 bits per heavy atom. The first-order valence-electron chi connectivity index (χ1n) is 10.2. The van der Waals surface area contributed by atoms with Crippen molar-refractivity contribution in [2.75, 3.05) is 7.05 Å². The molecule has 0 amide bonds. The van der Waals surface area contributed by atoms with E-state index in [1.54, 1.807) is 0 Å². The maximum absolute atomic E-state index is 4.48. The molecule has 5 nitrogen and oxygen atoms in total. The first-order valence-corrected chi connectivity index (χ1v) is 10.2. The number of benzene rings is 1. The standard InChI is InChI=1S/C22H33N5/c1-17(2)16-27-14-13-24-21(27)15-25-22(23-3)26-20-11-9-19(10-12-20)18-7-5-4-6-8-18/h4-8,13-14,17,19-20H,9-12,15-16H2,1-3H3,(H2,23,25,26). The summed E-state index contributed by atoms with van der Waals surface area (Å²) in [5.74, 6) is 3.23. The zero-order chi connectivity index (χ0) is 19.1. The van der Waals surface area contributed by atoms with Crippen LogP contribution < -0.4 is 10.6 Å². The fourth-order valence-electron chi connectivity index (χ4n) is 3.91. The van der Waals surface area contributed by atoms with Crippen LogP contribution in [0.15, 0.2) is 47.7 Å². The highest BCUT2D eigenvalue weighted by molar-refractivity contribution is 5.79. The average Bonchev–Trinajstić information content (AvgIpc) is 3.12. The third kappa shape index (κ3) is 5.59. The lowest BCUT2D eigenvalue weighted by atomic mass is 9.82. The van der Waals surface area contributed by atoms with Gasteiger partial charge in [-0.15, -0.1) is 0 Å². The molecule has 1 aliphatic carbocycles. The molecule has 1 aromatic heterocycles. The molecule has 5 heteroatoms. The van der Waals surface area contributed by atoms with Crippen molar-refractivity contribution < 1.29 is 0 Å². The van der Waals surface area contributed by atoms with Crippen LogP contribution in [0.4, 0.5) is 0 Å². The van der Waals surface area contributed by atoms with E-state index in [1.165, 1.54) is 31.2 Å². The third-order valence-corrected chi connectivity index (χ3v) is 5.34. The van der Waals surface area contributed by atoms with Gasteiger partial charge in [-0.25, -0.2) is 4.98 Å². The summed E-state index contributed by atoms with van der Waals surface area (Å²) >= 11 is 0. The Morgan fingerprint density at radius 3 is 2.59 bits per heavy atom. The van der Waals surface area contributed by atoms with Crippen molar-refractivity contribution >= 4 is 5.96 Å². The molecule has 0 unspecified atom stereocenters. The quantitative estimate of drug-likeness (QED) is 0.601. The van der Waals surface area contributed by atoms with E-state index in [9.17, 15) is 0 Å². The van der Waals surface area contributed by atoms with E-state index >= 15 is 0 Å². The van der Waals surface area contributed by atoms with Crippen molar-refractivity contribution in [3.05, 3.63) is 54.1 Å².